The fraction of sp³-hybridized carbons (Fsp3) is 0.143. The van der Waals surface area contributed by atoms with Crippen LogP contribution in [-0.2, 0) is 14.9 Å². The molecule has 0 atom stereocenters. The molecule has 0 spiro atoms. The van der Waals surface area contributed by atoms with Crippen LogP contribution >= 0.6 is 22.7 Å². The van der Waals surface area contributed by atoms with E-state index in [2.05, 4.69) is 10.3 Å². The van der Waals surface area contributed by atoms with Crippen LogP contribution in [0.3, 0.4) is 0 Å². The number of thiazole rings is 1. The first-order valence-electron chi connectivity index (χ1n) is 6.86. The molecule has 3 aromatic rings. The molecule has 7 nitrogen and oxygen atoms in total. The summed E-state index contributed by atoms with van der Waals surface area (Å²) < 4.78 is 30.2. The zero-order valence-corrected chi connectivity index (χ0v) is 14.7. The van der Waals surface area contributed by atoms with E-state index in [1.165, 1.54) is 23.5 Å². The average Bonchev–Trinajstić information content (AvgIpc) is 3.15. The largest absolute Gasteiger partial charge is 0.378 e. The van der Waals surface area contributed by atoms with Gasteiger partial charge in [0.05, 0.1) is 10.2 Å². The Hall–Kier alpha value is -2.01. The van der Waals surface area contributed by atoms with Crippen LogP contribution in [0.1, 0.15) is 6.42 Å². The molecule has 0 aliphatic rings. The van der Waals surface area contributed by atoms with E-state index in [1.54, 1.807) is 23.6 Å². The first-order chi connectivity index (χ1) is 11.5. The molecule has 2 aromatic heterocycles. The standard InChI is InChI=1S/C14H13N3O4S3/c15-6-5-12(18)17-14-16-10-4-3-9(8-11(10)23-14)21-24(19,20)13-2-1-7-22-13/h1-4,7-8H,5-6,15H2,(H,16,17,18). The van der Waals surface area contributed by atoms with Crippen LogP contribution in [0.25, 0.3) is 10.2 Å². The number of amides is 1. The summed E-state index contributed by atoms with van der Waals surface area (Å²) in [6.45, 7) is 0.259. The fourth-order valence-electron chi connectivity index (χ4n) is 1.90. The van der Waals surface area contributed by atoms with Crippen LogP contribution in [0.5, 0.6) is 5.75 Å². The molecule has 1 aromatic carbocycles. The number of aromatic nitrogens is 1. The van der Waals surface area contributed by atoms with Gasteiger partial charge in [-0.05, 0) is 23.6 Å². The molecule has 0 aliphatic carbocycles. The van der Waals surface area contributed by atoms with Crippen molar-refractivity contribution in [1.29, 1.82) is 0 Å². The minimum absolute atomic E-state index is 0.140. The van der Waals surface area contributed by atoms with Gasteiger partial charge in [0.1, 0.15) is 5.75 Å². The lowest BCUT2D eigenvalue weighted by Crippen LogP contribution is -2.15. The first-order valence-corrected chi connectivity index (χ1v) is 9.97. The Morgan fingerprint density at radius 3 is 2.88 bits per heavy atom. The molecule has 0 radical (unpaired) electrons. The molecule has 126 valence electrons. The maximum Gasteiger partial charge on any atom is 0.348 e. The van der Waals surface area contributed by atoms with Gasteiger partial charge in [0.15, 0.2) is 9.34 Å². The van der Waals surface area contributed by atoms with Crippen molar-refractivity contribution < 1.29 is 17.4 Å². The Morgan fingerprint density at radius 1 is 1.33 bits per heavy atom. The summed E-state index contributed by atoms with van der Waals surface area (Å²) >= 11 is 2.32. The van der Waals surface area contributed by atoms with Gasteiger partial charge in [0, 0.05) is 19.0 Å². The number of hydrogen-bond acceptors (Lipinski definition) is 8. The van der Waals surface area contributed by atoms with Crippen molar-refractivity contribution in [1.82, 2.24) is 4.98 Å². The second-order valence-electron chi connectivity index (χ2n) is 4.70. The fourth-order valence-corrected chi connectivity index (χ4v) is 4.68. The van der Waals surface area contributed by atoms with Gasteiger partial charge in [-0.2, -0.15) is 8.42 Å². The molecule has 1 amide bonds. The number of nitrogens with one attached hydrogen (secondary N) is 1. The molecule has 0 fully saturated rings. The summed E-state index contributed by atoms with van der Waals surface area (Å²) in [6.07, 6.45) is 0.212. The van der Waals surface area contributed by atoms with Crippen molar-refractivity contribution in [3.8, 4) is 5.75 Å². The molecule has 24 heavy (non-hydrogen) atoms. The lowest BCUT2D eigenvalue weighted by atomic mass is 10.3. The Labute approximate surface area is 146 Å². The second-order valence-corrected chi connectivity index (χ2v) is 8.46. The molecular formula is C14H13N3O4S3. The van der Waals surface area contributed by atoms with Gasteiger partial charge in [-0.3, -0.25) is 4.79 Å². The number of carbonyl (C=O) groups excluding carboxylic acids is 1. The number of benzene rings is 1. The van der Waals surface area contributed by atoms with Crippen LogP contribution < -0.4 is 15.2 Å². The summed E-state index contributed by atoms with van der Waals surface area (Å²) in [6, 6.07) is 7.87. The zero-order valence-electron chi connectivity index (χ0n) is 12.3. The van der Waals surface area contributed by atoms with E-state index in [0.29, 0.717) is 15.3 Å². The number of hydrogen-bond donors (Lipinski definition) is 2. The third-order valence-electron chi connectivity index (χ3n) is 2.93. The van der Waals surface area contributed by atoms with Crippen molar-refractivity contribution in [2.75, 3.05) is 11.9 Å². The monoisotopic (exact) mass is 383 g/mol. The number of carbonyl (C=O) groups is 1. The molecule has 3 rings (SSSR count). The maximum absolute atomic E-state index is 12.1. The van der Waals surface area contributed by atoms with Crippen molar-refractivity contribution in [2.45, 2.75) is 10.6 Å². The molecular weight excluding hydrogens is 370 g/mol. The lowest BCUT2D eigenvalue weighted by molar-refractivity contribution is -0.116. The Kier molecular flexibility index (Phi) is 4.81. The maximum atomic E-state index is 12.1. The quantitative estimate of drug-likeness (QED) is 0.632. The third kappa shape index (κ3) is 3.73. The topological polar surface area (TPSA) is 111 Å². The van der Waals surface area contributed by atoms with Gasteiger partial charge in [-0.15, -0.1) is 11.3 Å². The van der Waals surface area contributed by atoms with E-state index in [0.717, 1.165) is 11.3 Å². The lowest BCUT2D eigenvalue weighted by Gasteiger charge is -2.04. The molecule has 0 aliphatic heterocycles. The Morgan fingerprint density at radius 2 is 2.17 bits per heavy atom. The minimum Gasteiger partial charge on any atom is -0.378 e. The van der Waals surface area contributed by atoms with E-state index in [9.17, 15) is 13.2 Å². The number of anilines is 1. The third-order valence-corrected chi connectivity index (χ3v) is 6.46. The van der Waals surface area contributed by atoms with Gasteiger partial charge in [0.25, 0.3) is 0 Å². The van der Waals surface area contributed by atoms with Crippen molar-refractivity contribution in [3.05, 3.63) is 35.7 Å². The predicted octanol–water partition coefficient (Wildman–Crippen LogP) is 2.41. The van der Waals surface area contributed by atoms with Crippen molar-refractivity contribution >= 4 is 54.0 Å². The van der Waals surface area contributed by atoms with Crippen LogP contribution in [0.4, 0.5) is 5.13 Å². The first kappa shape index (κ1) is 16.8. The smallest absolute Gasteiger partial charge is 0.348 e. The molecule has 10 heteroatoms. The van der Waals surface area contributed by atoms with Crippen molar-refractivity contribution in [3.63, 3.8) is 0 Å². The van der Waals surface area contributed by atoms with Gasteiger partial charge < -0.3 is 15.2 Å². The van der Waals surface area contributed by atoms with Crippen LogP contribution in [0.15, 0.2) is 39.9 Å². The van der Waals surface area contributed by atoms with E-state index >= 15 is 0 Å². The molecule has 0 saturated heterocycles. The predicted molar refractivity (Wildman–Crippen MR) is 94.1 cm³/mol. The summed E-state index contributed by atoms with van der Waals surface area (Å²) in [4.78, 5) is 15.8. The summed E-state index contributed by atoms with van der Waals surface area (Å²) in [5, 5.41) is 4.75. The minimum atomic E-state index is -3.84. The highest BCUT2D eigenvalue weighted by Gasteiger charge is 2.18. The van der Waals surface area contributed by atoms with E-state index in [-0.39, 0.29) is 28.8 Å². The molecule has 2 heterocycles. The molecule has 0 bridgehead atoms. The zero-order chi connectivity index (χ0) is 17.2. The highest BCUT2D eigenvalue weighted by atomic mass is 32.3. The normalized spacial score (nSPS) is 11.5. The molecule has 0 unspecified atom stereocenters. The number of thiophene rings is 1. The van der Waals surface area contributed by atoms with E-state index in [1.807, 2.05) is 0 Å². The number of fused-ring (bicyclic) bond motifs is 1. The number of nitrogens with two attached hydrogens (primary N) is 1. The average molecular weight is 383 g/mol. The Balaban J connectivity index is 1.82. The molecule has 0 saturated carbocycles. The van der Waals surface area contributed by atoms with E-state index < -0.39 is 10.1 Å². The van der Waals surface area contributed by atoms with Gasteiger partial charge in [-0.25, -0.2) is 4.98 Å². The van der Waals surface area contributed by atoms with Crippen LogP contribution in [-0.4, -0.2) is 25.9 Å². The van der Waals surface area contributed by atoms with Gasteiger partial charge >= 0.3 is 10.1 Å². The second kappa shape index (κ2) is 6.85. The number of rotatable bonds is 6. The van der Waals surface area contributed by atoms with Gasteiger partial charge in [0.2, 0.25) is 5.91 Å². The summed E-state index contributed by atoms with van der Waals surface area (Å²) in [5.74, 6) is -0.0207. The number of nitrogens with zero attached hydrogens (tertiary/aromatic N) is 1. The SMILES string of the molecule is NCCC(=O)Nc1nc2ccc(OS(=O)(=O)c3cccs3)cc2s1. The van der Waals surface area contributed by atoms with Crippen molar-refractivity contribution in [2.24, 2.45) is 5.73 Å². The highest BCUT2D eigenvalue weighted by molar-refractivity contribution is 7.89. The Bertz CT molecular complexity index is 964. The summed E-state index contributed by atoms with van der Waals surface area (Å²) in [5.41, 5.74) is 5.97. The van der Waals surface area contributed by atoms with E-state index in [4.69, 9.17) is 9.92 Å². The van der Waals surface area contributed by atoms with Gasteiger partial charge in [-0.1, -0.05) is 17.4 Å². The summed E-state index contributed by atoms with van der Waals surface area (Å²) in [7, 11) is -3.84. The van der Waals surface area contributed by atoms with Crippen LogP contribution in [0.2, 0.25) is 0 Å². The highest BCUT2D eigenvalue weighted by Crippen LogP contribution is 2.31. The molecule has 3 N–H and O–H groups in total. The van der Waals surface area contributed by atoms with Crippen LogP contribution in [0, 0.1) is 0 Å².